The molecule has 0 aliphatic heterocycles. The number of allylic oxidation sites excluding steroid dienone is 4. The van der Waals surface area contributed by atoms with Crippen molar-refractivity contribution in [1.29, 1.82) is 0 Å². The molecule has 6 nitrogen and oxygen atoms in total. The number of hydrogen-bond acceptors (Lipinski definition) is 5. The number of thiophene rings is 1. The Bertz CT molecular complexity index is 1170. The Hall–Kier alpha value is -3.37. The average Bonchev–Trinajstić information content (AvgIpc) is 3.10. The zero-order valence-corrected chi connectivity index (χ0v) is 16.2. The van der Waals surface area contributed by atoms with Gasteiger partial charge in [0.05, 0.1) is 16.8 Å². The second kappa shape index (κ2) is 7.71. The van der Waals surface area contributed by atoms with Crippen LogP contribution in [0.15, 0.2) is 42.4 Å². The van der Waals surface area contributed by atoms with Crippen LogP contribution < -0.4 is 16.0 Å². The zero-order chi connectivity index (χ0) is 19.5. The molecule has 0 spiro atoms. The standard InChI is InChI=1S/C21H19N5OS/c1-3-10-23-21(27)26-15-7-4-13(5-8-15)14-6-9-16-17(11-14)28-19-18(16)24-12-25-20(19)22-2/h1,4,6-7,9,11-12H,5,8,10H2,2H3,(H,22,24,25)(H2,23,26,27). The van der Waals surface area contributed by atoms with E-state index in [0.717, 1.165) is 40.0 Å². The van der Waals surface area contributed by atoms with E-state index in [1.54, 1.807) is 17.7 Å². The number of amides is 2. The van der Waals surface area contributed by atoms with Gasteiger partial charge >= 0.3 is 6.03 Å². The van der Waals surface area contributed by atoms with E-state index >= 15 is 0 Å². The second-order valence-corrected chi connectivity index (χ2v) is 7.41. The number of rotatable bonds is 4. The van der Waals surface area contributed by atoms with Gasteiger partial charge in [0.25, 0.3) is 0 Å². The van der Waals surface area contributed by atoms with E-state index in [1.807, 2.05) is 13.1 Å². The molecule has 0 saturated carbocycles. The molecule has 0 radical (unpaired) electrons. The van der Waals surface area contributed by atoms with Gasteiger partial charge in [-0.05, 0) is 36.1 Å². The molecule has 28 heavy (non-hydrogen) atoms. The van der Waals surface area contributed by atoms with Gasteiger partial charge < -0.3 is 16.0 Å². The van der Waals surface area contributed by atoms with Crippen LogP contribution in [-0.2, 0) is 0 Å². The van der Waals surface area contributed by atoms with Crippen molar-refractivity contribution in [2.45, 2.75) is 12.8 Å². The van der Waals surface area contributed by atoms with Gasteiger partial charge in [0.2, 0.25) is 0 Å². The highest BCUT2D eigenvalue weighted by Crippen LogP contribution is 2.38. The van der Waals surface area contributed by atoms with Crippen molar-refractivity contribution >= 4 is 49.1 Å². The number of urea groups is 1. The second-order valence-electron chi connectivity index (χ2n) is 6.36. The van der Waals surface area contributed by atoms with Crippen molar-refractivity contribution in [3.8, 4) is 12.3 Å². The normalized spacial score (nSPS) is 13.6. The first-order valence-electron chi connectivity index (χ1n) is 8.93. The number of terminal acetylenes is 1. The molecule has 3 N–H and O–H groups in total. The van der Waals surface area contributed by atoms with Crippen molar-refractivity contribution in [2.75, 3.05) is 18.9 Å². The molecular weight excluding hydrogens is 370 g/mol. The molecule has 0 atom stereocenters. The van der Waals surface area contributed by atoms with Crippen LogP contribution in [0.4, 0.5) is 10.6 Å². The van der Waals surface area contributed by atoms with Crippen LogP contribution in [0.1, 0.15) is 18.4 Å². The number of nitrogens with zero attached hydrogens (tertiary/aromatic N) is 2. The molecule has 2 amide bonds. The molecule has 0 saturated heterocycles. The van der Waals surface area contributed by atoms with Gasteiger partial charge in [-0.15, -0.1) is 17.8 Å². The summed E-state index contributed by atoms with van der Waals surface area (Å²) in [4.78, 5) is 20.5. The molecule has 2 heterocycles. The first kappa shape index (κ1) is 18.0. The van der Waals surface area contributed by atoms with E-state index in [2.05, 4.69) is 56.1 Å². The van der Waals surface area contributed by atoms with Crippen LogP contribution in [0, 0.1) is 12.3 Å². The largest absolute Gasteiger partial charge is 0.372 e. The predicted octanol–water partition coefficient (Wildman–Crippen LogP) is 3.88. The fraction of sp³-hybridized carbons (Fsp3) is 0.190. The molecule has 0 fully saturated rings. The van der Waals surface area contributed by atoms with Crippen molar-refractivity contribution in [2.24, 2.45) is 0 Å². The van der Waals surface area contributed by atoms with Crippen LogP contribution in [0.2, 0.25) is 0 Å². The SMILES string of the molecule is C#CCNC(=O)NC1=CC=C(c2ccc3c(c2)sc2c(NC)ncnc23)CC1. The van der Waals surface area contributed by atoms with Crippen LogP contribution in [0.5, 0.6) is 0 Å². The van der Waals surface area contributed by atoms with Crippen molar-refractivity contribution in [3.05, 3.63) is 47.9 Å². The topological polar surface area (TPSA) is 78.9 Å². The maximum absolute atomic E-state index is 11.7. The Kier molecular flexibility index (Phi) is 4.96. The number of carbonyl (C=O) groups is 1. The Labute approximate surface area is 166 Å². The summed E-state index contributed by atoms with van der Waals surface area (Å²) in [7, 11) is 1.87. The molecule has 3 aromatic rings. The summed E-state index contributed by atoms with van der Waals surface area (Å²) in [5.41, 5.74) is 4.29. The van der Waals surface area contributed by atoms with E-state index in [9.17, 15) is 4.79 Å². The fourth-order valence-corrected chi connectivity index (χ4v) is 4.45. The summed E-state index contributed by atoms with van der Waals surface area (Å²) in [5.74, 6) is 3.23. The van der Waals surface area contributed by atoms with Gasteiger partial charge in [0.15, 0.2) is 0 Å². The summed E-state index contributed by atoms with van der Waals surface area (Å²) in [6, 6.07) is 6.20. The van der Waals surface area contributed by atoms with Gasteiger partial charge in [-0.3, -0.25) is 0 Å². The monoisotopic (exact) mass is 389 g/mol. The molecule has 140 valence electrons. The minimum Gasteiger partial charge on any atom is -0.372 e. The maximum atomic E-state index is 11.7. The third kappa shape index (κ3) is 3.42. The number of hydrogen-bond donors (Lipinski definition) is 3. The van der Waals surface area contributed by atoms with Crippen LogP contribution in [0.25, 0.3) is 25.9 Å². The highest BCUT2D eigenvalue weighted by molar-refractivity contribution is 7.26. The van der Waals surface area contributed by atoms with Gasteiger partial charge in [-0.2, -0.15) is 0 Å². The molecule has 2 aromatic heterocycles. The molecular formula is C21H19N5OS. The van der Waals surface area contributed by atoms with Crippen molar-refractivity contribution in [3.63, 3.8) is 0 Å². The summed E-state index contributed by atoms with van der Waals surface area (Å²) in [6.07, 6.45) is 12.4. The molecule has 0 unspecified atom stereocenters. The molecule has 7 heteroatoms. The summed E-state index contributed by atoms with van der Waals surface area (Å²) in [5, 5.41) is 9.71. The summed E-state index contributed by atoms with van der Waals surface area (Å²) < 4.78 is 2.26. The Morgan fingerprint density at radius 1 is 1.29 bits per heavy atom. The van der Waals surface area contributed by atoms with Crippen molar-refractivity contribution in [1.82, 2.24) is 20.6 Å². The first-order chi connectivity index (χ1) is 13.7. The minimum absolute atomic E-state index is 0.217. The number of nitrogens with one attached hydrogen (secondary N) is 3. The first-order valence-corrected chi connectivity index (χ1v) is 9.74. The third-order valence-electron chi connectivity index (χ3n) is 4.63. The van der Waals surface area contributed by atoms with E-state index in [0.29, 0.717) is 0 Å². The minimum atomic E-state index is -0.269. The number of carbonyl (C=O) groups excluding carboxylic acids is 1. The molecule has 1 aliphatic rings. The maximum Gasteiger partial charge on any atom is 0.319 e. The van der Waals surface area contributed by atoms with Crippen LogP contribution >= 0.6 is 11.3 Å². The van der Waals surface area contributed by atoms with Crippen molar-refractivity contribution < 1.29 is 4.79 Å². The van der Waals surface area contributed by atoms with Gasteiger partial charge in [0.1, 0.15) is 12.1 Å². The highest BCUT2D eigenvalue weighted by Gasteiger charge is 2.14. The number of aromatic nitrogens is 2. The van der Waals surface area contributed by atoms with Gasteiger partial charge in [-0.1, -0.05) is 24.1 Å². The highest BCUT2D eigenvalue weighted by atomic mass is 32.1. The lowest BCUT2D eigenvalue weighted by atomic mass is 9.95. The van der Waals surface area contributed by atoms with E-state index in [4.69, 9.17) is 6.42 Å². The van der Waals surface area contributed by atoms with Gasteiger partial charge in [-0.25, -0.2) is 14.8 Å². The summed E-state index contributed by atoms with van der Waals surface area (Å²) >= 11 is 1.70. The Morgan fingerprint density at radius 2 is 2.18 bits per heavy atom. The molecule has 1 aliphatic carbocycles. The number of fused-ring (bicyclic) bond motifs is 3. The smallest absolute Gasteiger partial charge is 0.319 e. The third-order valence-corrected chi connectivity index (χ3v) is 5.78. The van der Waals surface area contributed by atoms with Crippen LogP contribution in [0.3, 0.4) is 0 Å². The molecule has 0 bridgehead atoms. The Morgan fingerprint density at radius 3 is 2.93 bits per heavy atom. The quantitative estimate of drug-likeness (QED) is 0.592. The van der Waals surface area contributed by atoms with Gasteiger partial charge in [0, 0.05) is 22.8 Å². The number of benzene rings is 1. The number of anilines is 1. The zero-order valence-electron chi connectivity index (χ0n) is 15.4. The van der Waals surface area contributed by atoms with E-state index < -0.39 is 0 Å². The fourth-order valence-electron chi connectivity index (χ4n) is 3.26. The predicted molar refractivity (Wildman–Crippen MR) is 115 cm³/mol. The lowest BCUT2D eigenvalue weighted by Crippen LogP contribution is -2.35. The molecule has 4 rings (SSSR count). The van der Waals surface area contributed by atoms with E-state index in [1.165, 1.54) is 15.8 Å². The van der Waals surface area contributed by atoms with Crippen LogP contribution in [-0.4, -0.2) is 29.6 Å². The lowest BCUT2D eigenvalue weighted by Gasteiger charge is -2.16. The Balaban J connectivity index is 1.60. The molecule has 1 aromatic carbocycles. The summed E-state index contributed by atoms with van der Waals surface area (Å²) in [6.45, 7) is 0.217. The average molecular weight is 389 g/mol. The lowest BCUT2D eigenvalue weighted by molar-refractivity contribution is 0.244. The van der Waals surface area contributed by atoms with E-state index in [-0.39, 0.29) is 12.6 Å².